The molecule has 1 fully saturated rings. The summed E-state index contributed by atoms with van der Waals surface area (Å²) in [5.41, 5.74) is 0.596. The number of rotatable bonds is 9. The summed E-state index contributed by atoms with van der Waals surface area (Å²) in [5.74, 6) is 0.0676. The van der Waals surface area contributed by atoms with Gasteiger partial charge in [0.25, 0.3) is 0 Å². The van der Waals surface area contributed by atoms with E-state index in [0.29, 0.717) is 18.2 Å². The van der Waals surface area contributed by atoms with Crippen molar-refractivity contribution in [1.29, 1.82) is 0 Å². The zero-order valence-electron chi connectivity index (χ0n) is 19.2. The lowest BCUT2D eigenvalue weighted by atomic mass is 9.72. The summed E-state index contributed by atoms with van der Waals surface area (Å²) < 4.78 is 5.58. The Hall–Kier alpha value is -2.08. The van der Waals surface area contributed by atoms with E-state index < -0.39 is 12.1 Å². The summed E-state index contributed by atoms with van der Waals surface area (Å²) in [6.07, 6.45) is 5.27. The first-order valence-corrected chi connectivity index (χ1v) is 11.1. The molecule has 1 aromatic carbocycles. The van der Waals surface area contributed by atoms with Crippen molar-refractivity contribution in [2.24, 2.45) is 11.3 Å². The van der Waals surface area contributed by atoms with Crippen LogP contribution in [0.1, 0.15) is 71.3 Å². The predicted molar refractivity (Wildman–Crippen MR) is 119 cm³/mol. The van der Waals surface area contributed by atoms with Crippen molar-refractivity contribution < 1.29 is 19.4 Å². The van der Waals surface area contributed by atoms with E-state index in [4.69, 9.17) is 4.74 Å². The second kappa shape index (κ2) is 10.3. The Kier molecular flexibility index (Phi) is 8.30. The lowest BCUT2D eigenvalue weighted by molar-refractivity contribution is -0.140. The Bertz CT molecular complexity index is 716. The highest BCUT2D eigenvalue weighted by Gasteiger charge is 2.37. The van der Waals surface area contributed by atoms with Gasteiger partial charge in [0.2, 0.25) is 0 Å². The van der Waals surface area contributed by atoms with E-state index in [9.17, 15) is 14.7 Å². The number of carbonyl (C=O) groups is 2. The van der Waals surface area contributed by atoms with Crippen LogP contribution in [0.5, 0.6) is 5.75 Å². The molecule has 1 saturated carbocycles. The van der Waals surface area contributed by atoms with Gasteiger partial charge in [-0.15, -0.1) is 0 Å². The summed E-state index contributed by atoms with van der Waals surface area (Å²) >= 11 is 0. The Labute approximate surface area is 181 Å². The number of ether oxygens (including phenoxy) is 1. The monoisotopic (exact) mass is 418 g/mol. The zero-order valence-corrected chi connectivity index (χ0v) is 19.2. The fraction of sp³-hybridized carbons (Fsp3) is 0.667. The van der Waals surface area contributed by atoms with Gasteiger partial charge in [-0.2, -0.15) is 0 Å². The van der Waals surface area contributed by atoms with E-state index in [1.165, 1.54) is 0 Å². The van der Waals surface area contributed by atoms with Gasteiger partial charge in [0.05, 0.1) is 6.42 Å². The van der Waals surface area contributed by atoms with Crippen molar-refractivity contribution in [3.63, 3.8) is 0 Å². The van der Waals surface area contributed by atoms with Crippen LogP contribution >= 0.6 is 0 Å². The molecular formula is C24H38N2O4. The normalized spacial score (nSPS) is 18.1. The average molecular weight is 419 g/mol. The molecule has 1 aromatic rings. The summed E-state index contributed by atoms with van der Waals surface area (Å²) in [6.45, 7) is 6.92. The third-order valence-corrected chi connectivity index (χ3v) is 6.88. The number of hydrogen-bond acceptors (Lipinski definition) is 4. The first kappa shape index (κ1) is 24.2. The van der Waals surface area contributed by atoms with Crippen molar-refractivity contribution in [3.05, 3.63) is 29.8 Å². The lowest BCUT2D eigenvalue weighted by Gasteiger charge is -2.43. The highest BCUT2D eigenvalue weighted by atomic mass is 16.6. The Morgan fingerprint density at radius 1 is 1.23 bits per heavy atom. The minimum absolute atomic E-state index is 0.0823. The number of hydrogen-bond donors (Lipinski definition) is 2. The fourth-order valence-electron chi connectivity index (χ4n) is 5.31. The van der Waals surface area contributed by atoms with Crippen LogP contribution in [0.15, 0.2) is 24.3 Å². The number of nitrogens with one attached hydrogen (secondary N) is 1. The largest absolute Gasteiger partial charge is 0.481 e. The van der Waals surface area contributed by atoms with E-state index >= 15 is 0 Å². The summed E-state index contributed by atoms with van der Waals surface area (Å²) in [5, 5.41) is 12.1. The third-order valence-electron chi connectivity index (χ3n) is 6.88. The van der Waals surface area contributed by atoms with E-state index in [0.717, 1.165) is 44.1 Å². The molecule has 0 saturated heterocycles. The maximum absolute atomic E-state index is 12.5. The second-order valence-electron chi connectivity index (χ2n) is 9.23. The molecule has 0 aromatic heterocycles. The number of carboxylic acid groups (broad SMARTS) is 1. The number of amides is 1. The van der Waals surface area contributed by atoms with Crippen LogP contribution in [0.3, 0.4) is 0 Å². The Morgan fingerprint density at radius 3 is 2.43 bits per heavy atom. The standard InChI is InChI=1S/C24H38N2O4/c1-6-24(18(2)3,26(4)5)19-11-10-12-20(15-19)30-22(29)25-17-23(16-21(27)28)13-8-7-9-14-23/h10-12,15,18H,6-9,13-14,16-17H2,1-5H3,(H,25,29)(H,27,28)/t24-/m0/s1. The molecule has 0 aliphatic heterocycles. The smallest absolute Gasteiger partial charge is 0.412 e. The van der Waals surface area contributed by atoms with Gasteiger partial charge in [-0.25, -0.2) is 4.79 Å². The van der Waals surface area contributed by atoms with Crippen molar-refractivity contribution in [2.75, 3.05) is 20.6 Å². The van der Waals surface area contributed by atoms with Gasteiger partial charge >= 0.3 is 12.1 Å². The van der Waals surface area contributed by atoms with Crippen LogP contribution in [0.4, 0.5) is 4.79 Å². The highest BCUT2D eigenvalue weighted by molar-refractivity contribution is 5.71. The molecule has 0 heterocycles. The van der Waals surface area contributed by atoms with E-state index in [1.54, 1.807) is 6.07 Å². The first-order valence-electron chi connectivity index (χ1n) is 11.1. The van der Waals surface area contributed by atoms with Gasteiger partial charge < -0.3 is 15.2 Å². The van der Waals surface area contributed by atoms with E-state index in [-0.39, 0.29) is 17.4 Å². The topological polar surface area (TPSA) is 78.9 Å². The molecule has 6 heteroatoms. The number of benzene rings is 1. The molecule has 168 valence electrons. The molecule has 0 radical (unpaired) electrons. The molecule has 6 nitrogen and oxygen atoms in total. The minimum Gasteiger partial charge on any atom is -0.481 e. The Balaban J connectivity index is 2.10. The number of nitrogens with zero attached hydrogens (tertiary/aromatic N) is 1. The zero-order chi connectivity index (χ0) is 22.4. The van der Waals surface area contributed by atoms with Gasteiger partial charge in [0.1, 0.15) is 5.75 Å². The third kappa shape index (κ3) is 5.54. The van der Waals surface area contributed by atoms with Crippen molar-refractivity contribution in [1.82, 2.24) is 10.2 Å². The maximum atomic E-state index is 12.5. The molecule has 30 heavy (non-hydrogen) atoms. The number of carbonyl (C=O) groups excluding carboxylic acids is 1. The maximum Gasteiger partial charge on any atom is 0.412 e. The highest BCUT2D eigenvalue weighted by Crippen LogP contribution is 2.40. The molecule has 0 bridgehead atoms. The van der Waals surface area contributed by atoms with Crippen LogP contribution < -0.4 is 10.1 Å². The quantitative estimate of drug-likeness (QED) is 0.588. The van der Waals surface area contributed by atoms with Gasteiger partial charge in [-0.3, -0.25) is 9.69 Å². The van der Waals surface area contributed by atoms with E-state index in [1.807, 2.05) is 12.1 Å². The van der Waals surface area contributed by atoms with Gasteiger partial charge in [0.15, 0.2) is 0 Å². The van der Waals surface area contributed by atoms with Gasteiger partial charge in [0, 0.05) is 12.1 Å². The molecule has 2 N–H and O–H groups in total. The number of carboxylic acids is 1. The van der Waals surface area contributed by atoms with Crippen molar-refractivity contribution in [2.45, 2.75) is 71.3 Å². The first-order chi connectivity index (χ1) is 14.1. The summed E-state index contributed by atoms with van der Waals surface area (Å²) in [6, 6.07) is 7.73. The van der Waals surface area contributed by atoms with Gasteiger partial charge in [-0.1, -0.05) is 52.2 Å². The van der Waals surface area contributed by atoms with Gasteiger partial charge in [-0.05, 0) is 62.4 Å². The molecule has 1 amide bonds. The predicted octanol–water partition coefficient (Wildman–Crippen LogP) is 5.02. The van der Waals surface area contributed by atoms with Crippen LogP contribution in [0.2, 0.25) is 0 Å². The van der Waals surface area contributed by atoms with Crippen LogP contribution in [-0.2, 0) is 10.3 Å². The fourth-order valence-corrected chi connectivity index (χ4v) is 5.31. The van der Waals surface area contributed by atoms with Crippen molar-refractivity contribution in [3.8, 4) is 5.75 Å². The second-order valence-corrected chi connectivity index (χ2v) is 9.23. The molecule has 2 rings (SSSR count). The molecule has 0 unspecified atom stereocenters. The Morgan fingerprint density at radius 2 is 1.90 bits per heavy atom. The molecule has 1 atom stereocenters. The number of aliphatic carboxylic acids is 1. The SMILES string of the molecule is CC[C@@](c1cccc(OC(=O)NCC2(CC(=O)O)CCCCC2)c1)(C(C)C)N(C)C. The minimum atomic E-state index is -0.812. The molecule has 0 spiro atoms. The van der Waals surface area contributed by atoms with E-state index in [2.05, 4.69) is 51.1 Å². The van der Waals surface area contributed by atoms with Crippen LogP contribution in [0.25, 0.3) is 0 Å². The van der Waals surface area contributed by atoms with Crippen molar-refractivity contribution >= 4 is 12.1 Å². The average Bonchev–Trinajstić information content (AvgIpc) is 2.67. The lowest BCUT2D eigenvalue weighted by Crippen LogP contribution is -2.45. The summed E-state index contributed by atoms with van der Waals surface area (Å²) in [4.78, 5) is 26.1. The molecule has 1 aliphatic carbocycles. The van der Waals surface area contributed by atoms with Crippen LogP contribution in [-0.4, -0.2) is 42.7 Å². The van der Waals surface area contributed by atoms with Crippen LogP contribution in [0, 0.1) is 11.3 Å². The molecular weight excluding hydrogens is 380 g/mol. The molecule has 1 aliphatic rings. The summed E-state index contributed by atoms with van der Waals surface area (Å²) in [7, 11) is 4.16.